The van der Waals surface area contributed by atoms with Crippen LogP contribution in [0.25, 0.3) is 0 Å². The fourth-order valence-electron chi connectivity index (χ4n) is 1.95. The zero-order valence-corrected chi connectivity index (χ0v) is 11.7. The van der Waals surface area contributed by atoms with Gasteiger partial charge >= 0.3 is 6.18 Å². The number of alkyl halides is 3. The second-order valence-electron chi connectivity index (χ2n) is 5.58. The SMILES string of the molecule is CC(C)C(CNC1CC1)Oc1ccccc1C(F)(F)F. The van der Waals surface area contributed by atoms with Gasteiger partial charge in [0.05, 0.1) is 5.56 Å². The smallest absolute Gasteiger partial charge is 0.419 e. The highest BCUT2D eigenvalue weighted by atomic mass is 19.4. The van der Waals surface area contributed by atoms with E-state index in [1.807, 2.05) is 13.8 Å². The average Bonchev–Trinajstić information content (AvgIpc) is 3.17. The highest BCUT2D eigenvalue weighted by Crippen LogP contribution is 2.36. The van der Waals surface area contributed by atoms with Crippen LogP contribution >= 0.6 is 0 Å². The molecule has 1 aliphatic carbocycles. The molecule has 1 unspecified atom stereocenters. The third-order valence-electron chi connectivity index (χ3n) is 3.40. The molecule has 0 radical (unpaired) electrons. The molecule has 0 aliphatic heterocycles. The maximum Gasteiger partial charge on any atom is 0.419 e. The van der Waals surface area contributed by atoms with Crippen LogP contribution in [0.3, 0.4) is 0 Å². The topological polar surface area (TPSA) is 21.3 Å². The summed E-state index contributed by atoms with van der Waals surface area (Å²) in [6, 6.07) is 5.90. The maximum atomic E-state index is 12.9. The minimum Gasteiger partial charge on any atom is -0.488 e. The molecule has 1 aromatic carbocycles. The highest BCUT2D eigenvalue weighted by Gasteiger charge is 2.35. The summed E-state index contributed by atoms with van der Waals surface area (Å²) in [5.41, 5.74) is -0.711. The Kier molecular flexibility index (Phi) is 4.58. The van der Waals surface area contributed by atoms with Gasteiger partial charge in [0.2, 0.25) is 0 Å². The van der Waals surface area contributed by atoms with E-state index in [9.17, 15) is 13.2 Å². The van der Waals surface area contributed by atoms with Crippen molar-refractivity contribution in [1.29, 1.82) is 0 Å². The van der Waals surface area contributed by atoms with Gasteiger partial charge in [0.25, 0.3) is 0 Å². The summed E-state index contributed by atoms with van der Waals surface area (Å²) in [7, 11) is 0. The highest BCUT2D eigenvalue weighted by molar-refractivity contribution is 5.35. The monoisotopic (exact) mass is 287 g/mol. The molecule has 2 nitrogen and oxygen atoms in total. The molecule has 5 heteroatoms. The molecule has 112 valence electrons. The van der Waals surface area contributed by atoms with E-state index < -0.39 is 11.7 Å². The molecule has 0 bridgehead atoms. The summed E-state index contributed by atoms with van der Waals surface area (Å²) >= 11 is 0. The quantitative estimate of drug-likeness (QED) is 0.858. The van der Waals surface area contributed by atoms with Crippen molar-refractivity contribution < 1.29 is 17.9 Å². The van der Waals surface area contributed by atoms with Gasteiger partial charge in [0.1, 0.15) is 11.9 Å². The minimum atomic E-state index is -4.39. The van der Waals surface area contributed by atoms with Crippen LogP contribution in [0.5, 0.6) is 5.75 Å². The molecule has 0 heterocycles. The molecule has 1 saturated carbocycles. The molecule has 2 rings (SSSR count). The minimum absolute atomic E-state index is 0.0868. The first-order chi connectivity index (χ1) is 9.38. The number of para-hydroxylation sites is 1. The number of rotatable bonds is 6. The number of hydrogen-bond donors (Lipinski definition) is 1. The van der Waals surface area contributed by atoms with Gasteiger partial charge in [-0.15, -0.1) is 0 Å². The molecule has 0 spiro atoms. The third kappa shape index (κ3) is 4.13. The van der Waals surface area contributed by atoms with Gasteiger partial charge in [0.15, 0.2) is 0 Å². The van der Waals surface area contributed by atoms with E-state index in [4.69, 9.17) is 4.74 Å². The molecule has 20 heavy (non-hydrogen) atoms. The van der Waals surface area contributed by atoms with Crippen molar-refractivity contribution in [1.82, 2.24) is 5.32 Å². The van der Waals surface area contributed by atoms with E-state index in [0.717, 1.165) is 18.9 Å². The fraction of sp³-hybridized carbons (Fsp3) is 0.600. The van der Waals surface area contributed by atoms with Gasteiger partial charge in [-0.05, 0) is 30.9 Å². The van der Waals surface area contributed by atoms with Gasteiger partial charge in [-0.25, -0.2) is 0 Å². The summed E-state index contributed by atoms with van der Waals surface area (Å²) in [6.45, 7) is 4.49. The Hall–Kier alpha value is -1.23. The van der Waals surface area contributed by atoms with E-state index >= 15 is 0 Å². The van der Waals surface area contributed by atoms with Crippen LogP contribution in [0.4, 0.5) is 13.2 Å². The molecule has 0 amide bonds. The number of hydrogen-bond acceptors (Lipinski definition) is 2. The van der Waals surface area contributed by atoms with Gasteiger partial charge in [-0.1, -0.05) is 26.0 Å². The Morgan fingerprint density at radius 3 is 2.45 bits per heavy atom. The Morgan fingerprint density at radius 1 is 1.25 bits per heavy atom. The number of halogens is 3. The maximum absolute atomic E-state index is 12.9. The Balaban J connectivity index is 2.09. The van der Waals surface area contributed by atoms with Crippen LogP contribution in [0.2, 0.25) is 0 Å². The Labute approximate surface area is 117 Å². The lowest BCUT2D eigenvalue weighted by Gasteiger charge is -2.25. The largest absolute Gasteiger partial charge is 0.488 e. The fourth-order valence-corrected chi connectivity index (χ4v) is 1.95. The van der Waals surface area contributed by atoms with Crippen LogP contribution in [-0.4, -0.2) is 18.7 Å². The molecular formula is C15H20F3NO. The molecule has 0 aromatic heterocycles. The first kappa shape index (κ1) is 15.2. The Bertz CT molecular complexity index is 441. The van der Waals surface area contributed by atoms with Crippen LogP contribution in [0, 0.1) is 5.92 Å². The summed E-state index contributed by atoms with van der Waals surface area (Å²) in [5.74, 6) is 0.0545. The van der Waals surface area contributed by atoms with Crippen LogP contribution in [0.15, 0.2) is 24.3 Å². The zero-order valence-electron chi connectivity index (χ0n) is 11.7. The molecule has 1 N–H and O–H groups in total. The van der Waals surface area contributed by atoms with Crippen molar-refractivity contribution in [2.24, 2.45) is 5.92 Å². The van der Waals surface area contributed by atoms with E-state index in [-0.39, 0.29) is 17.8 Å². The van der Waals surface area contributed by atoms with Gasteiger partial charge < -0.3 is 10.1 Å². The number of nitrogens with one attached hydrogen (secondary N) is 1. The molecule has 1 aromatic rings. The predicted octanol–water partition coefficient (Wildman–Crippen LogP) is 3.86. The van der Waals surface area contributed by atoms with E-state index in [0.29, 0.717) is 12.6 Å². The lowest BCUT2D eigenvalue weighted by Crippen LogP contribution is -2.36. The van der Waals surface area contributed by atoms with E-state index in [1.165, 1.54) is 12.1 Å². The first-order valence-corrected chi connectivity index (χ1v) is 6.94. The van der Waals surface area contributed by atoms with E-state index in [2.05, 4.69) is 5.32 Å². The van der Waals surface area contributed by atoms with Gasteiger partial charge in [-0.2, -0.15) is 13.2 Å². The predicted molar refractivity (Wildman–Crippen MR) is 71.7 cm³/mol. The van der Waals surface area contributed by atoms with Crippen molar-refractivity contribution in [3.05, 3.63) is 29.8 Å². The number of ether oxygens (including phenoxy) is 1. The number of benzene rings is 1. The average molecular weight is 287 g/mol. The third-order valence-corrected chi connectivity index (χ3v) is 3.40. The van der Waals surface area contributed by atoms with Crippen molar-refractivity contribution in [2.45, 2.75) is 45.0 Å². The van der Waals surface area contributed by atoms with Crippen molar-refractivity contribution in [3.8, 4) is 5.75 Å². The summed E-state index contributed by atoms with van der Waals surface area (Å²) in [4.78, 5) is 0. The molecule has 1 fully saturated rings. The summed E-state index contributed by atoms with van der Waals surface area (Å²) in [5, 5.41) is 3.31. The Morgan fingerprint density at radius 2 is 1.90 bits per heavy atom. The lowest BCUT2D eigenvalue weighted by molar-refractivity contribution is -0.139. The van der Waals surface area contributed by atoms with Crippen LogP contribution in [-0.2, 0) is 6.18 Å². The molecule has 1 atom stereocenters. The molecular weight excluding hydrogens is 267 g/mol. The second kappa shape index (κ2) is 6.04. The molecule has 0 saturated heterocycles. The van der Waals surface area contributed by atoms with Crippen LogP contribution in [0.1, 0.15) is 32.3 Å². The normalized spacial score (nSPS) is 17.3. The van der Waals surface area contributed by atoms with E-state index in [1.54, 1.807) is 6.07 Å². The van der Waals surface area contributed by atoms with Crippen molar-refractivity contribution in [3.63, 3.8) is 0 Å². The van der Waals surface area contributed by atoms with Gasteiger partial charge in [0, 0.05) is 12.6 Å². The second-order valence-corrected chi connectivity index (χ2v) is 5.58. The van der Waals surface area contributed by atoms with Crippen molar-refractivity contribution >= 4 is 0 Å². The zero-order chi connectivity index (χ0) is 14.8. The van der Waals surface area contributed by atoms with Crippen LogP contribution < -0.4 is 10.1 Å². The lowest BCUT2D eigenvalue weighted by atomic mass is 10.1. The van der Waals surface area contributed by atoms with Crippen molar-refractivity contribution in [2.75, 3.05) is 6.54 Å². The summed E-state index contributed by atoms with van der Waals surface area (Å²) in [6.07, 6.45) is -2.37. The first-order valence-electron chi connectivity index (χ1n) is 6.94. The molecule has 1 aliphatic rings. The summed E-state index contributed by atoms with van der Waals surface area (Å²) < 4.78 is 44.4. The standard InChI is InChI=1S/C15H20F3NO/c1-10(2)14(9-19-11-7-8-11)20-13-6-4-3-5-12(13)15(16,17)18/h3-6,10-11,14,19H,7-9H2,1-2H3. The van der Waals surface area contributed by atoms with Gasteiger partial charge in [-0.3, -0.25) is 0 Å².